The van der Waals surface area contributed by atoms with Crippen LogP contribution in [0.15, 0.2) is 6.33 Å². The van der Waals surface area contributed by atoms with E-state index in [1.54, 1.807) is 0 Å². The number of ether oxygens (including phenoxy) is 1. The Kier molecular flexibility index (Phi) is 8.21. The number of nitrogens with zero attached hydrogens (tertiary/aromatic N) is 4. The van der Waals surface area contributed by atoms with Gasteiger partial charge in [0.25, 0.3) is 0 Å². The molecule has 0 saturated carbocycles. The average molecular weight is 584 g/mol. The number of fused-ring (bicyclic) bond motifs is 2. The third-order valence-corrected chi connectivity index (χ3v) is 17.9. The molecular formula is C24H38ClN5O6Si2. The van der Waals surface area contributed by atoms with Gasteiger partial charge in [-0.15, -0.1) is 0 Å². The summed E-state index contributed by atoms with van der Waals surface area (Å²) in [5, 5.41) is 2.58. The van der Waals surface area contributed by atoms with E-state index in [0.717, 1.165) is 0 Å². The van der Waals surface area contributed by atoms with E-state index < -0.39 is 35.6 Å². The lowest BCUT2D eigenvalue weighted by molar-refractivity contribution is -0.130. The van der Waals surface area contributed by atoms with Gasteiger partial charge in [0.05, 0.1) is 12.9 Å². The number of hydrogen-bond acceptors (Lipinski definition) is 9. The molecule has 3 atom stereocenters. The Labute approximate surface area is 230 Å². The van der Waals surface area contributed by atoms with Crippen LogP contribution in [0.25, 0.3) is 11.2 Å². The van der Waals surface area contributed by atoms with E-state index in [-0.39, 0.29) is 57.2 Å². The van der Waals surface area contributed by atoms with Crippen molar-refractivity contribution in [3.05, 3.63) is 11.5 Å². The largest absolute Gasteiger partial charge is 0.414 e. The molecule has 2 aromatic rings. The van der Waals surface area contributed by atoms with Crippen LogP contribution in [-0.2, 0) is 27.3 Å². The molecule has 4 heterocycles. The van der Waals surface area contributed by atoms with Gasteiger partial charge >= 0.3 is 17.1 Å². The van der Waals surface area contributed by atoms with Crippen molar-refractivity contribution in [1.29, 1.82) is 0 Å². The van der Waals surface area contributed by atoms with Crippen molar-refractivity contribution in [2.75, 3.05) is 11.9 Å². The number of imidazole rings is 1. The van der Waals surface area contributed by atoms with Crippen molar-refractivity contribution >= 4 is 57.5 Å². The molecule has 11 nitrogen and oxygen atoms in total. The van der Waals surface area contributed by atoms with E-state index in [1.807, 2.05) is 0 Å². The van der Waals surface area contributed by atoms with Gasteiger partial charge in [0.1, 0.15) is 17.7 Å². The van der Waals surface area contributed by atoms with Crippen molar-refractivity contribution in [2.45, 2.75) is 103 Å². The molecule has 2 saturated heterocycles. The fraction of sp³-hybridized carbons (Fsp3) is 0.708. The van der Waals surface area contributed by atoms with Crippen LogP contribution in [0.2, 0.25) is 27.3 Å². The minimum absolute atomic E-state index is 0.0110. The van der Waals surface area contributed by atoms with Gasteiger partial charge in [0.15, 0.2) is 17.0 Å². The zero-order valence-corrected chi connectivity index (χ0v) is 26.2. The fourth-order valence-electron chi connectivity index (χ4n) is 5.48. The normalized spacial score (nSPS) is 25.3. The van der Waals surface area contributed by atoms with Gasteiger partial charge in [-0.1, -0.05) is 67.0 Å². The van der Waals surface area contributed by atoms with Crippen LogP contribution in [0.4, 0.5) is 5.95 Å². The monoisotopic (exact) mass is 583 g/mol. The highest BCUT2D eigenvalue weighted by atomic mass is 35.5. The van der Waals surface area contributed by atoms with E-state index >= 15 is 0 Å². The van der Waals surface area contributed by atoms with Crippen LogP contribution < -0.4 is 5.32 Å². The first kappa shape index (κ1) is 29.2. The summed E-state index contributed by atoms with van der Waals surface area (Å²) in [6.45, 7) is 18.5. The van der Waals surface area contributed by atoms with Crippen molar-refractivity contribution in [2.24, 2.45) is 0 Å². The second-order valence-electron chi connectivity index (χ2n) is 11.3. The standard InChI is InChI=1S/C24H38ClN5O6Si2/c1-12(2)37(13(3)4)33-10-17-20(35-38(36-37,14(5)6)15(7)8)19(32)23(34-17)30-11-26-18-21(25)28-24(27-16(9)31)29-22(18)30/h11-15,17,20,23H,10H2,1-9H3,(H,27,28,29,31)/t17-,20-,23-/m1/s1. The number of nitrogens with one attached hydrogen (secondary N) is 1. The van der Waals surface area contributed by atoms with E-state index in [4.69, 9.17) is 29.3 Å². The highest BCUT2D eigenvalue weighted by Crippen LogP contribution is 2.47. The van der Waals surface area contributed by atoms with Crippen LogP contribution >= 0.6 is 11.6 Å². The Bertz CT molecular complexity index is 1210. The number of ketones is 1. The van der Waals surface area contributed by atoms with Gasteiger partial charge < -0.3 is 17.7 Å². The first-order chi connectivity index (χ1) is 17.7. The summed E-state index contributed by atoms with van der Waals surface area (Å²) in [6.07, 6.45) is -1.12. The summed E-state index contributed by atoms with van der Waals surface area (Å²) in [6, 6.07) is 0. The highest BCUT2D eigenvalue weighted by molar-refractivity contribution is 6.84. The topological polar surface area (TPSA) is 127 Å². The number of amides is 1. The molecule has 14 heteroatoms. The number of Topliss-reactive ketones (excluding diaryl/α,β-unsaturated/α-hetero) is 1. The van der Waals surface area contributed by atoms with Gasteiger partial charge in [-0.25, -0.2) is 4.98 Å². The predicted octanol–water partition coefficient (Wildman–Crippen LogP) is 4.86. The van der Waals surface area contributed by atoms with Gasteiger partial charge in [-0.05, 0) is 22.2 Å². The minimum Gasteiger partial charge on any atom is -0.414 e. The fourth-order valence-corrected chi connectivity index (χ4v) is 16.9. The number of carbonyl (C=O) groups excluding carboxylic acids is 2. The number of anilines is 1. The van der Waals surface area contributed by atoms with Crippen molar-refractivity contribution in [3.63, 3.8) is 0 Å². The molecule has 2 fully saturated rings. The van der Waals surface area contributed by atoms with E-state index in [0.29, 0.717) is 5.52 Å². The summed E-state index contributed by atoms with van der Waals surface area (Å²) in [5.41, 5.74) is 1.04. The molecule has 0 spiro atoms. The van der Waals surface area contributed by atoms with Crippen LogP contribution in [0.3, 0.4) is 0 Å². The Balaban J connectivity index is 1.78. The van der Waals surface area contributed by atoms with Crippen molar-refractivity contribution in [3.8, 4) is 0 Å². The molecule has 2 aliphatic rings. The van der Waals surface area contributed by atoms with E-state index in [2.05, 4.69) is 75.7 Å². The molecular weight excluding hydrogens is 546 g/mol. The summed E-state index contributed by atoms with van der Waals surface area (Å²) >= 11 is 6.31. The molecule has 1 amide bonds. The number of carbonyl (C=O) groups is 2. The number of aromatic nitrogens is 4. The molecule has 0 aliphatic carbocycles. The molecule has 0 bridgehead atoms. The zero-order chi connectivity index (χ0) is 28.2. The highest BCUT2D eigenvalue weighted by Gasteiger charge is 2.61. The van der Waals surface area contributed by atoms with Gasteiger partial charge in [-0.3, -0.25) is 19.5 Å². The molecule has 0 unspecified atom stereocenters. The quantitative estimate of drug-likeness (QED) is 0.374. The van der Waals surface area contributed by atoms with E-state index in [1.165, 1.54) is 17.8 Å². The van der Waals surface area contributed by atoms with Gasteiger partial charge in [0.2, 0.25) is 17.6 Å². The maximum atomic E-state index is 13.9. The zero-order valence-electron chi connectivity index (χ0n) is 23.4. The smallest absolute Gasteiger partial charge is 0.335 e. The minimum atomic E-state index is -3.00. The van der Waals surface area contributed by atoms with Crippen LogP contribution in [0, 0.1) is 0 Å². The Morgan fingerprint density at radius 1 is 1.05 bits per heavy atom. The lowest BCUT2D eigenvalue weighted by atomic mass is 10.1. The van der Waals surface area contributed by atoms with Crippen LogP contribution in [0.1, 0.15) is 68.5 Å². The third-order valence-electron chi connectivity index (χ3n) is 7.41. The molecule has 0 aromatic carbocycles. The maximum absolute atomic E-state index is 13.9. The Hall–Kier alpha value is -1.75. The predicted molar refractivity (Wildman–Crippen MR) is 147 cm³/mol. The summed E-state index contributed by atoms with van der Waals surface area (Å²) in [7, 11) is -5.77. The average Bonchev–Trinajstić information content (AvgIpc) is 3.33. The maximum Gasteiger partial charge on any atom is 0.335 e. The van der Waals surface area contributed by atoms with Crippen molar-refractivity contribution in [1.82, 2.24) is 19.5 Å². The van der Waals surface area contributed by atoms with Crippen LogP contribution in [-0.4, -0.2) is 67.1 Å². The molecule has 38 heavy (non-hydrogen) atoms. The van der Waals surface area contributed by atoms with Crippen LogP contribution in [0.5, 0.6) is 0 Å². The molecule has 210 valence electrons. The molecule has 2 aliphatic heterocycles. The first-order valence-electron chi connectivity index (χ1n) is 13.1. The SMILES string of the molecule is CC(=O)Nc1nc(Cl)c2ncn([C@@H]3O[C@@H]4CO[Si](C(C)C)(C(C)C)O[Si](C(C)C)(C(C)C)O[C@H]4C3=O)c2n1. The molecule has 4 rings (SSSR count). The second kappa shape index (κ2) is 10.7. The lowest BCUT2D eigenvalue weighted by Crippen LogP contribution is -2.65. The van der Waals surface area contributed by atoms with Gasteiger partial charge in [0, 0.05) is 6.92 Å². The molecule has 1 N–H and O–H groups in total. The first-order valence-corrected chi connectivity index (χ1v) is 17.4. The number of rotatable bonds is 6. The summed E-state index contributed by atoms with van der Waals surface area (Å²) in [4.78, 5) is 38.3. The van der Waals surface area contributed by atoms with Gasteiger partial charge in [-0.2, -0.15) is 9.97 Å². The number of halogens is 1. The third kappa shape index (κ3) is 4.86. The Morgan fingerprint density at radius 3 is 2.21 bits per heavy atom. The lowest BCUT2D eigenvalue weighted by Gasteiger charge is -2.50. The summed E-state index contributed by atoms with van der Waals surface area (Å²) < 4.78 is 28.6. The Morgan fingerprint density at radius 2 is 1.66 bits per heavy atom. The van der Waals surface area contributed by atoms with E-state index in [9.17, 15) is 9.59 Å². The second-order valence-corrected chi connectivity index (χ2v) is 20.5. The summed E-state index contributed by atoms with van der Waals surface area (Å²) in [5.74, 6) is -0.606. The molecule has 0 radical (unpaired) electrons. The number of hydrogen-bond donors (Lipinski definition) is 1. The van der Waals surface area contributed by atoms with Crippen molar-refractivity contribution < 1.29 is 27.3 Å². The molecule has 2 aromatic heterocycles.